The summed E-state index contributed by atoms with van der Waals surface area (Å²) in [5, 5.41) is 0. The second kappa shape index (κ2) is 7.01. The lowest BCUT2D eigenvalue weighted by Gasteiger charge is -2.07. The van der Waals surface area contributed by atoms with E-state index in [0.29, 0.717) is 12.2 Å². The van der Waals surface area contributed by atoms with Crippen molar-refractivity contribution in [3.63, 3.8) is 0 Å². The molecule has 0 amide bonds. The molecule has 2 nitrogen and oxygen atoms in total. The molecule has 0 atom stereocenters. The summed E-state index contributed by atoms with van der Waals surface area (Å²) in [6, 6.07) is 5.02. The van der Waals surface area contributed by atoms with Crippen molar-refractivity contribution in [2.75, 3.05) is 6.61 Å². The predicted molar refractivity (Wildman–Crippen MR) is 63.8 cm³/mol. The fourth-order valence-electron chi connectivity index (χ4n) is 1.32. The average molecular weight is 223 g/mol. The summed E-state index contributed by atoms with van der Waals surface area (Å²) in [7, 11) is 0. The van der Waals surface area contributed by atoms with Crippen LogP contribution in [0.5, 0.6) is 5.75 Å². The van der Waals surface area contributed by atoms with Gasteiger partial charge < -0.3 is 10.5 Å². The Labute approximate surface area is 95.9 Å². The smallest absolute Gasteiger partial charge is 0.169 e. The zero-order valence-electron chi connectivity index (χ0n) is 9.58. The van der Waals surface area contributed by atoms with Crippen molar-refractivity contribution in [3.05, 3.63) is 41.7 Å². The minimum absolute atomic E-state index is 0.189. The van der Waals surface area contributed by atoms with Crippen molar-refractivity contribution >= 4 is 0 Å². The summed E-state index contributed by atoms with van der Waals surface area (Å²) in [5.74, 6) is -0.0852. The van der Waals surface area contributed by atoms with Crippen LogP contribution >= 0.6 is 0 Å². The molecule has 0 aliphatic carbocycles. The third kappa shape index (κ3) is 3.66. The first-order valence-corrected chi connectivity index (χ1v) is 5.54. The molecule has 88 valence electrons. The van der Waals surface area contributed by atoms with E-state index in [-0.39, 0.29) is 18.1 Å². The third-order valence-electron chi connectivity index (χ3n) is 2.22. The maximum absolute atomic E-state index is 13.6. The van der Waals surface area contributed by atoms with Gasteiger partial charge in [0.25, 0.3) is 0 Å². The van der Waals surface area contributed by atoms with E-state index in [0.717, 1.165) is 12.8 Å². The van der Waals surface area contributed by atoms with Crippen LogP contribution in [0.25, 0.3) is 0 Å². The quantitative estimate of drug-likeness (QED) is 0.752. The Bertz CT molecular complexity index is 350. The summed E-state index contributed by atoms with van der Waals surface area (Å²) in [6.07, 6.45) is 6.06. The first-order chi connectivity index (χ1) is 7.79. The minimum atomic E-state index is -0.353. The summed E-state index contributed by atoms with van der Waals surface area (Å²) < 4.78 is 18.9. The van der Waals surface area contributed by atoms with Gasteiger partial charge in [0.1, 0.15) is 6.61 Å². The average Bonchev–Trinajstić information content (AvgIpc) is 2.31. The van der Waals surface area contributed by atoms with Gasteiger partial charge in [0.15, 0.2) is 11.6 Å². The molecule has 1 aromatic rings. The lowest BCUT2D eigenvalue weighted by atomic mass is 10.2. The molecule has 2 N–H and O–H groups in total. The zero-order chi connectivity index (χ0) is 11.8. The van der Waals surface area contributed by atoms with E-state index in [1.54, 1.807) is 18.2 Å². The molecular formula is C13H18FNO. The van der Waals surface area contributed by atoms with Gasteiger partial charge in [-0.3, -0.25) is 0 Å². The molecule has 0 aromatic heterocycles. The van der Waals surface area contributed by atoms with E-state index in [4.69, 9.17) is 10.5 Å². The zero-order valence-corrected chi connectivity index (χ0v) is 9.58. The predicted octanol–water partition coefficient (Wildman–Crippen LogP) is 3.02. The highest BCUT2D eigenvalue weighted by atomic mass is 19.1. The summed E-state index contributed by atoms with van der Waals surface area (Å²) in [4.78, 5) is 0. The van der Waals surface area contributed by atoms with Gasteiger partial charge in [-0.15, -0.1) is 0 Å². The van der Waals surface area contributed by atoms with Gasteiger partial charge in [0, 0.05) is 12.1 Å². The first-order valence-electron chi connectivity index (χ1n) is 5.54. The maximum atomic E-state index is 13.6. The molecule has 1 aromatic carbocycles. The lowest BCUT2D eigenvalue weighted by molar-refractivity contribution is 0.339. The highest BCUT2D eigenvalue weighted by Gasteiger charge is 2.06. The van der Waals surface area contributed by atoms with Crippen LogP contribution in [0.3, 0.4) is 0 Å². The largest absolute Gasteiger partial charge is 0.486 e. The minimum Gasteiger partial charge on any atom is -0.486 e. The molecule has 0 aliphatic heterocycles. The van der Waals surface area contributed by atoms with Crippen LogP contribution in [0, 0.1) is 5.82 Å². The Morgan fingerprint density at radius 2 is 2.19 bits per heavy atom. The van der Waals surface area contributed by atoms with E-state index in [1.165, 1.54) is 0 Å². The van der Waals surface area contributed by atoms with Crippen LogP contribution in [-0.4, -0.2) is 6.61 Å². The molecule has 0 aliphatic rings. The molecule has 0 spiro atoms. The number of hydrogen-bond acceptors (Lipinski definition) is 2. The SMILES string of the molecule is CCCC=CCOc1cccc(CN)c1F. The number of nitrogens with two attached hydrogens (primary N) is 1. The van der Waals surface area contributed by atoms with Crippen molar-refractivity contribution < 1.29 is 9.13 Å². The molecule has 0 saturated carbocycles. The molecule has 0 radical (unpaired) electrons. The van der Waals surface area contributed by atoms with Crippen LogP contribution in [0.4, 0.5) is 4.39 Å². The molecule has 16 heavy (non-hydrogen) atoms. The van der Waals surface area contributed by atoms with Crippen molar-refractivity contribution in [1.82, 2.24) is 0 Å². The van der Waals surface area contributed by atoms with E-state index >= 15 is 0 Å². The fraction of sp³-hybridized carbons (Fsp3) is 0.385. The number of halogens is 1. The molecule has 0 heterocycles. The maximum Gasteiger partial charge on any atom is 0.169 e. The normalized spacial score (nSPS) is 10.9. The van der Waals surface area contributed by atoms with E-state index < -0.39 is 0 Å². The van der Waals surface area contributed by atoms with Gasteiger partial charge >= 0.3 is 0 Å². The number of ether oxygens (including phenoxy) is 1. The number of hydrogen-bond donors (Lipinski definition) is 1. The lowest BCUT2D eigenvalue weighted by Crippen LogP contribution is -2.03. The van der Waals surface area contributed by atoms with Gasteiger partial charge in [-0.2, -0.15) is 0 Å². The molecule has 0 fully saturated rings. The number of benzene rings is 1. The van der Waals surface area contributed by atoms with Gasteiger partial charge in [0.2, 0.25) is 0 Å². The van der Waals surface area contributed by atoms with Crippen LogP contribution < -0.4 is 10.5 Å². The van der Waals surface area contributed by atoms with Crippen molar-refractivity contribution in [1.29, 1.82) is 0 Å². The van der Waals surface area contributed by atoms with Gasteiger partial charge in [-0.05, 0) is 12.5 Å². The number of unbranched alkanes of at least 4 members (excludes halogenated alkanes) is 1. The Morgan fingerprint density at radius 3 is 2.88 bits per heavy atom. The first kappa shape index (κ1) is 12.7. The standard InChI is InChI=1S/C13H18FNO/c1-2-3-4-5-9-16-12-8-6-7-11(10-15)13(12)14/h4-8H,2-3,9-10,15H2,1H3. The topological polar surface area (TPSA) is 35.2 Å². The molecule has 0 saturated heterocycles. The molecule has 0 unspecified atom stereocenters. The fourth-order valence-corrected chi connectivity index (χ4v) is 1.32. The molecule has 0 bridgehead atoms. The summed E-state index contributed by atoms with van der Waals surface area (Å²) >= 11 is 0. The summed E-state index contributed by atoms with van der Waals surface area (Å²) in [6.45, 7) is 2.69. The van der Waals surface area contributed by atoms with E-state index in [2.05, 4.69) is 6.92 Å². The Hall–Kier alpha value is -1.35. The second-order valence-corrected chi connectivity index (χ2v) is 3.50. The van der Waals surface area contributed by atoms with E-state index in [9.17, 15) is 4.39 Å². The Balaban J connectivity index is 2.54. The van der Waals surface area contributed by atoms with Crippen LogP contribution in [0.2, 0.25) is 0 Å². The highest BCUT2D eigenvalue weighted by Crippen LogP contribution is 2.19. The van der Waals surface area contributed by atoms with Crippen molar-refractivity contribution in [3.8, 4) is 5.75 Å². The summed E-state index contributed by atoms with van der Waals surface area (Å²) in [5.41, 5.74) is 5.89. The van der Waals surface area contributed by atoms with Crippen LogP contribution in [-0.2, 0) is 6.54 Å². The van der Waals surface area contributed by atoms with Gasteiger partial charge in [0.05, 0.1) is 0 Å². The Morgan fingerprint density at radius 1 is 1.38 bits per heavy atom. The monoisotopic (exact) mass is 223 g/mol. The third-order valence-corrected chi connectivity index (χ3v) is 2.22. The van der Waals surface area contributed by atoms with Crippen LogP contribution in [0.1, 0.15) is 25.3 Å². The van der Waals surface area contributed by atoms with Crippen molar-refractivity contribution in [2.45, 2.75) is 26.3 Å². The molecular weight excluding hydrogens is 205 g/mol. The number of allylic oxidation sites excluding steroid dienone is 1. The second-order valence-electron chi connectivity index (χ2n) is 3.50. The molecule has 1 rings (SSSR count). The highest BCUT2D eigenvalue weighted by molar-refractivity contribution is 5.31. The van der Waals surface area contributed by atoms with Crippen LogP contribution in [0.15, 0.2) is 30.4 Å². The van der Waals surface area contributed by atoms with Crippen molar-refractivity contribution in [2.24, 2.45) is 5.73 Å². The molecule has 3 heteroatoms. The Kier molecular flexibility index (Phi) is 5.57. The van der Waals surface area contributed by atoms with Gasteiger partial charge in [-0.25, -0.2) is 4.39 Å². The van der Waals surface area contributed by atoms with E-state index in [1.807, 2.05) is 12.2 Å². The number of rotatable bonds is 6. The van der Waals surface area contributed by atoms with Gasteiger partial charge in [-0.1, -0.05) is 37.6 Å².